The largest absolute Gasteiger partial charge is 0.310 e. The van der Waals surface area contributed by atoms with Crippen molar-refractivity contribution in [3.8, 4) is 0 Å². The molecule has 0 heterocycles. The summed E-state index contributed by atoms with van der Waals surface area (Å²) >= 11 is 6.16. The molecule has 0 spiro atoms. The Kier molecular flexibility index (Phi) is 5.10. The summed E-state index contributed by atoms with van der Waals surface area (Å²) in [4.78, 5) is 0. The van der Waals surface area contributed by atoms with Crippen molar-refractivity contribution in [1.82, 2.24) is 5.32 Å². The van der Waals surface area contributed by atoms with Gasteiger partial charge in [0.1, 0.15) is 0 Å². The molecule has 1 aliphatic carbocycles. The molecule has 1 fully saturated rings. The van der Waals surface area contributed by atoms with E-state index >= 15 is 0 Å². The summed E-state index contributed by atoms with van der Waals surface area (Å²) < 4.78 is 23.6. The maximum Gasteiger partial charge on any atom is 0.151 e. The van der Waals surface area contributed by atoms with Gasteiger partial charge in [-0.2, -0.15) is 0 Å². The van der Waals surface area contributed by atoms with E-state index in [0.717, 1.165) is 36.3 Å². The van der Waals surface area contributed by atoms with Gasteiger partial charge >= 0.3 is 0 Å². The molecule has 1 aromatic carbocycles. The summed E-state index contributed by atoms with van der Waals surface area (Å²) in [6.45, 7) is 2.08. The SMILES string of the molecule is CC(Cc1ccccc1Cl)NC1CCCC1S(C)(=O)=O. The van der Waals surface area contributed by atoms with Crippen LogP contribution in [0.3, 0.4) is 0 Å². The van der Waals surface area contributed by atoms with E-state index in [1.807, 2.05) is 24.3 Å². The quantitative estimate of drug-likeness (QED) is 0.909. The van der Waals surface area contributed by atoms with Gasteiger partial charge in [0.15, 0.2) is 9.84 Å². The molecule has 0 bridgehead atoms. The Morgan fingerprint density at radius 3 is 2.70 bits per heavy atom. The summed E-state index contributed by atoms with van der Waals surface area (Å²) in [5.41, 5.74) is 1.10. The van der Waals surface area contributed by atoms with Gasteiger partial charge in [-0.25, -0.2) is 8.42 Å². The molecule has 1 aliphatic rings. The Morgan fingerprint density at radius 1 is 1.35 bits per heavy atom. The molecular weight excluding hydrogens is 294 g/mol. The first kappa shape index (κ1) is 15.8. The molecule has 1 N–H and O–H groups in total. The van der Waals surface area contributed by atoms with Gasteiger partial charge in [-0.1, -0.05) is 36.2 Å². The summed E-state index contributed by atoms with van der Waals surface area (Å²) in [6, 6.07) is 8.08. The molecule has 0 amide bonds. The number of hydrogen-bond acceptors (Lipinski definition) is 3. The van der Waals surface area contributed by atoms with Crippen molar-refractivity contribution in [1.29, 1.82) is 0 Å². The van der Waals surface area contributed by atoms with E-state index in [9.17, 15) is 8.42 Å². The minimum absolute atomic E-state index is 0.0717. The third kappa shape index (κ3) is 3.96. The molecule has 3 unspecified atom stereocenters. The first-order valence-electron chi connectivity index (χ1n) is 7.06. The van der Waals surface area contributed by atoms with Crippen molar-refractivity contribution in [2.24, 2.45) is 0 Å². The van der Waals surface area contributed by atoms with E-state index in [1.54, 1.807) is 0 Å². The highest BCUT2D eigenvalue weighted by Gasteiger charge is 2.35. The second-order valence-corrected chi connectivity index (χ2v) is 8.44. The molecule has 0 radical (unpaired) electrons. The predicted octanol–water partition coefficient (Wildman–Crippen LogP) is 2.83. The number of sulfone groups is 1. The van der Waals surface area contributed by atoms with Crippen LogP contribution < -0.4 is 5.32 Å². The highest BCUT2D eigenvalue weighted by molar-refractivity contribution is 7.91. The van der Waals surface area contributed by atoms with Crippen LogP contribution in [-0.4, -0.2) is 32.0 Å². The Bertz CT molecular complexity index is 559. The third-order valence-electron chi connectivity index (χ3n) is 3.99. The van der Waals surface area contributed by atoms with Gasteiger partial charge in [0.05, 0.1) is 5.25 Å². The molecular formula is C15H22ClNO2S. The van der Waals surface area contributed by atoms with Crippen molar-refractivity contribution >= 4 is 21.4 Å². The van der Waals surface area contributed by atoms with Crippen LogP contribution in [0.25, 0.3) is 0 Å². The van der Waals surface area contributed by atoms with Crippen LogP contribution in [0.5, 0.6) is 0 Å². The normalized spacial score (nSPS) is 24.8. The summed E-state index contributed by atoms with van der Waals surface area (Å²) in [7, 11) is -2.97. The second-order valence-electron chi connectivity index (χ2n) is 5.77. The fourth-order valence-electron chi connectivity index (χ4n) is 3.05. The Labute approximate surface area is 126 Å². The van der Waals surface area contributed by atoms with Crippen LogP contribution in [0.2, 0.25) is 5.02 Å². The minimum atomic E-state index is -2.97. The van der Waals surface area contributed by atoms with Gasteiger partial charge in [0, 0.05) is 23.4 Å². The molecule has 20 heavy (non-hydrogen) atoms. The maximum atomic E-state index is 11.8. The Balaban J connectivity index is 1.98. The van der Waals surface area contributed by atoms with Gasteiger partial charge in [-0.3, -0.25) is 0 Å². The van der Waals surface area contributed by atoms with Crippen LogP contribution in [0.15, 0.2) is 24.3 Å². The fourth-order valence-corrected chi connectivity index (χ4v) is 4.67. The zero-order chi connectivity index (χ0) is 14.8. The lowest BCUT2D eigenvalue weighted by atomic mass is 10.1. The van der Waals surface area contributed by atoms with Gasteiger partial charge in [0.2, 0.25) is 0 Å². The predicted molar refractivity (Wildman–Crippen MR) is 84.0 cm³/mol. The number of benzene rings is 1. The zero-order valence-corrected chi connectivity index (χ0v) is 13.5. The fraction of sp³-hybridized carbons (Fsp3) is 0.600. The summed E-state index contributed by atoms with van der Waals surface area (Å²) in [6.07, 6.45) is 4.84. The minimum Gasteiger partial charge on any atom is -0.310 e. The van der Waals surface area contributed by atoms with Crippen molar-refractivity contribution in [2.45, 2.75) is 49.9 Å². The molecule has 2 rings (SSSR count). The molecule has 1 saturated carbocycles. The Morgan fingerprint density at radius 2 is 2.05 bits per heavy atom. The average Bonchev–Trinajstić information content (AvgIpc) is 2.80. The van der Waals surface area contributed by atoms with Crippen LogP contribution in [-0.2, 0) is 16.3 Å². The van der Waals surface area contributed by atoms with E-state index in [1.165, 1.54) is 6.26 Å². The molecule has 0 saturated heterocycles. The van der Waals surface area contributed by atoms with Crippen LogP contribution >= 0.6 is 11.6 Å². The lowest BCUT2D eigenvalue weighted by Gasteiger charge is -2.24. The van der Waals surface area contributed by atoms with E-state index in [4.69, 9.17) is 11.6 Å². The lowest BCUT2D eigenvalue weighted by molar-refractivity contribution is 0.444. The first-order valence-corrected chi connectivity index (χ1v) is 9.39. The van der Waals surface area contributed by atoms with Gasteiger partial charge < -0.3 is 5.32 Å². The van der Waals surface area contributed by atoms with Gasteiger partial charge in [0.25, 0.3) is 0 Å². The molecule has 5 heteroatoms. The van der Waals surface area contributed by atoms with Crippen molar-refractivity contribution < 1.29 is 8.42 Å². The molecule has 112 valence electrons. The van der Waals surface area contributed by atoms with Crippen LogP contribution in [0.1, 0.15) is 31.7 Å². The van der Waals surface area contributed by atoms with Crippen molar-refractivity contribution in [2.75, 3.05) is 6.26 Å². The second kappa shape index (κ2) is 6.46. The van der Waals surface area contributed by atoms with Crippen LogP contribution in [0.4, 0.5) is 0 Å². The van der Waals surface area contributed by atoms with E-state index in [0.29, 0.717) is 0 Å². The molecule has 3 nitrogen and oxygen atoms in total. The average molecular weight is 316 g/mol. The van der Waals surface area contributed by atoms with Crippen LogP contribution in [0, 0.1) is 0 Å². The molecule has 3 atom stereocenters. The third-order valence-corrected chi connectivity index (χ3v) is 6.02. The molecule has 0 aliphatic heterocycles. The van der Waals surface area contributed by atoms with E-state index in [-0.39, 0.29) is 17.3 Å². The number of halogens is 1. The van der Waals surface area contributed by atoms with Crippen molar-refractivity contribution in [3.63, 3.8) is 0 Å². The number of hydrogen-bond donors (Lipinski definition) is 1. The molecule has 1 aromatic rings. The highest BCUT2D eigenvalue weighted by Crippen LogP contribution is 2.26. The number of nitrogens with one attached hydrogen (secondary N) is 1. The maximum absolute atomic E-state index is 11.8. The first-order chi connectivity index (χ1) is 9.38. The lowest BCUT2D eigenvalue weighted by Crippen LogP contribution is -2.44. The summed E-state index contributed by atoms with van der Waals surface area (Å²) in [5, 5.41) is 4.00. The molecule has 0 aromatic heterocycles. The number of rotatable bonds is 5. The standard InChI is InChI=1S/C15H22ClNO2S/c1-11(10-12-6-3-4-7-13(12)16)17-14-8-5-9-15(14)20(2,18)19/h3-4,6-7,11,14-15,17H,5,8-10H2,1-2H3. The smallest absolute Gasteiger partial charge is 0.151 e. The monoisotopic (exact) mass is 315 g/mol. The van der Waals surface area contributed by atoms with E-state index in [2.05, 4.69) is 12.2 Å². The summed E-state index contributed by atoms with van der Waals surface area (Å²) in [5.74, 6) is 0. The Hall–Kier alpha value is -0.580. The van der Waals surface area contributed by atoms with Gasteiger partial charge in [-0.05, 0) is 37.8 Å². The zero-order valence-electron chi connectivity index (χ0n) is 12.0. The highest BCUT2D eigenvalue weighted by atomic mass is 35.5. The topological polar surface area (TPSA) is 46.2 Å². The van der Waals surface area contributed by atoms with E-state index < -0.39 is 9.84 Å². The van der Waals surface area contributed by atoms with Gasteiger partial charge in [-0.15, -0.1) is 0 Å². The van der Waals surface area contributed by atoms with Crippen molar-refractivity contribution in [3.05, 3.63) is 34.9 Å².